The third kappa shape index (κ3) is 3.73. The minimum atomic E-state index is -0.390. The summed E-state index contributed by atoms with van der Waals surface area (Å²) in [7, 11) is 1.55. The standard InChI is InChI=1S/C15H13ClO3/c1-18-14-7-3-5-12(9-14)15(17)19-10-11-4-2-6-13(16)8-11/h2-9H,10H2,1H3. The van der Waals surface area contributed by atoms with Gasteiger partial charge in [-0.25, -0.2) is 4.79 Å². The zero-order valence-corrected chi connectivity index (χ0v) is 11.2. The Morgan fingerprint density at radius 3 is 2.68 bits per heavy atom. The van der Waals surface area contributed by atoms with E-state index in [-0.39, 0.29) is 12.6 Å². The molecule has 0 saturated heterocycles. The Kier molecular flexibility index (Phi) is 4.42. The summed E-state index contributed by atoms with van der Waals surface area (Å²) in [5, 5.41) is 0.620. The number of carbonyl (C=O) groups excluding carboxylic acids is 1. The fourth-order valence-corrected chi connectivity index (χ4v) is 1.82. The van der Waals surface area contributed by atoms with Crippen molar-refractivity contribution in [2.45, 2.75) is 6.61 Å². The maximum Gasteiger partial charge on any atom is 0.338 e. The minimum Gasteiger partial charge on any atom is -0.497 e. The van der Waals surface area contributed by atoms with E-state index in [1.165, 1.54) is 0 Å². The number of halogens is 1. The van der Waals surface area contributed by atoms with Crippen molar-refractivity contribution < 1.29 is 14.3 Å². The van der Waals surface area contributed by atoms with E-state index >= 15 is 0 Å². The average Bonchev–Trinajstić information content (AvgIpc) is 2.45. The second kappa shape index (κ2) is 6.25. The quantitative estimate of drug-likeness (QED) is 0.799. The van der Waals surface area contributed by atoms with E-state index in [1.807, 2.05) is 12.1 Å². The van der Waals surface area contributed by atoms with Gasteiger partial charge in [-0.05, 0) is 35.9 Å². The maximum atomic E-state index is 11.9. The Labute approximate surface area is 116 Å². The highest BCUT2D eigenvalue weighted by Crippen LogP contribution is 2.15. The van der Waals surface area contributed by atoms with Crippen LogP contribution in [-0.2, 0) is 11.3 Å². The SMILES string of the molecule is COc1cccc(C(=O)OCc2cccc(Cl)c2)c1. The molecule has 0 spiro atoms. The molecule has 4 heteroatoms. The Bertz CT molecular complexity index is 581. The molecule has 0 saturated carbocycles. The summed E-state index contributed by atoms with van der Waals surface area (Å²) in [5.74, 6) is 0.232. The van der Waals surface area contributed by atoms with Gasteiger partial charge in [-0.1, -0.05) is 29.8 Å². The maximum absolute atomic E-state index is 11.9. The molecule has 0 radical (unpaired) electrons. The first kappa shape index (κ1) is 13.4. The molecule has 0 aromatic heterocycles. The van der Waals surface area contributed by atoms with Gasteiger partial charge in [0.05, 0.1) is 12.7 Å². The molecule has 0 heterocycles. The lowest BCUT2D eigenvalue weighted by atomic mass is 10.2. The van der Waals surface area contributed by atoms with Gasteiger partial charge in [0.25, 0.3) is 0 Å². The molecule has 0 aliphatic carbocycles. The van der Waals surface area contributed by atoms with E-state index in [1.54, 1.807) is 43.5 Å². The van der Waals surface area contributed by atoms with Crippen molar-refractivity contribution in [1.29, 1.82) is 0 Å². The van der Waals surface area contributed by atoms with E-state index in [2.05, 4.69) is 0 Å². The van der Waals surface area contributed by atoms with Crippen LogP contribution in [0.4, 0.5) is 0 Å². The van der Waals surface area contributed by atoms with Crippen molar-refractivity contribution in [2.75, 3.05) is 7.11 Å². The zero-order valence-electron chi connectivity index (χ0n) is 10.4. The molecule has 2 aromatic rings. The Morgan fingerprint density at radius 1 is 1.16 bits per heavy atom. The normalized spacial score (nSPS) is 10.0. The summed E-state index contributed by atoms with van der Waals surface area (Å²) < 4.78 is 10.3. The highest BCUT2D eigenvalue weighted by molar-refractivity contribution is 6.30. The third-order valence-corrected chi connectivity index (χ3v) is 2.80. The minimum absolute atomic E-state index is 0.191. The van der Waals surface area contributed by atoms with Gasteiger partial charge in [-0.2, -0.15) is 0 Å². The molecule has 3 nitrogen and oxygen atoms in total. The molecule has 0 amide bonds. The first-order valence-electron chi connectivity index (χ1n) is 5.74. The van der Waals surface area contributed by atoms with Crippen molar-refractivity contribution >= 4 is 17.6 Å². The molecule has 2 rings (SSSR count). The van der Waals surface area contributed by atoms with Gasteiger partial charge in [-0.15, -0.1) is 0 Å². The van der Waals surface area contributed by atoms with Crippen LogP contribution < -0.4 is 4.74 Å². The lowest BCUT2D eigenvalue weighted by molar-refractivity contribution is 0.0472. The molecule has 0 aliphatic rings. The van der Waals surface area contributed by atoms with E-state index in [0.717, 1.165) is 5.56 Å². The van der Waals surface area contributed by atoms with Crippen LogP contribution in [0.25, 0.3) is 0 Å². The summed E-state index contributed by atoms with van der Waals surface area (Å²) in [6, 6.07) is 14.0. The average molecular weight is 277 g/mol. The first-order chi connectivity index (χ1) is 9.19. The molecule has 0 fully saturated rings. The van der Waals surface area contributed by atoms with E-state index in [4.69, 9.17) is 21.1 Å². The highest BCUT2D eigenvalue weighted by atomic mass is 35.5. The molecule has 2 aromatic carbocycles. The van der Waals surface area contributed by atoms with Crippen LogP contribution in [0.3, 0.4) is 0 Å². The van der Waals surface area contributed by atoms with Crippen molar-refractivity contribution in [2.24, 2.45) is 0 Å². The highest BCUT2D eigenvalue weighted by Gasteiger charge is 2.08. The van der Waals surface area contributed by atoms with Crippen molar-refractivity contribution in [3.8, 4) is 5.75 Å². The van der Waals surface area contributed by atoms with Crippen LogP contribution in [-0.4, -0.2) is 13.1 Å². The van der Waals surface area contributed by atoms with Gasteiger partial charge < -0.3 is 9.47 Å². The van der Waals surface area contributed by atoms with E-state index in [9.17, 15) is 4.79 Å². The monoisotopic (exact) mass is 276 g/mol. The predicted molar refractivity (Wildman–Crippen MR) is 73.6 cm³/mol. The first-order valence-corrected chi connectivity index (χ1v) is 6.12. The van der Waals surface area contributed by atoms with Gasteiger partial charge in [0.1, 0.15) is 12.4 Å². The van der Waals surface area contributed by atoms with Crippen LogP contribution in [0.1, 0.15) is 15.9 Å². The molecule has 19 heavy (non-hydrogen) atoms. The number of esters is 1. The number of rotatable bonds is 4. The van der Waals surface area contributed by atoms with Crippen LogP contribution in [0, 0.1) is 0 Å². The summed E-state index contributed by atoms with van der Waals surface area (Å²) >= 11 is 5.86. The summed E-state index contributed by atoms with van der Waals surface area (Å²) in [6.45, 7) is 0.191. The largest absolute Gasteiger partial charge is 0.497 e. The molecular formula is C15H13ClO3. The smallest absolute Gasteiger partial charge is 0.338 e. The van der Waals surface area contributed by atoms with Crippen molar-refractivity contribution in [1.82, 2.24) is 0 Å². The Hall–Kier alpha value is -2.00. The molecule has 0 atom stereocenters. The molecule has 0 unspecified atom stereocenters. The summed E-state index contributed by atoms with van der Waals surface area (Å²) in [5.41, 5.74) is 1.31. The van der Waals surface area contributed by atoms with Gasteiger partial charge in [0.2, 0.25) is 0 Å². The molecule has 0 aliphatic heterocycles. The fraction of sp³-hybridized carbons (Fsp3) is 0.133. The van der Waals surface area contributed by atoms with Gasteiger partial charge in [0, 0.05) is 5.02 Å². The Morgan fingerprint density at radius 2 is 1.95 bits per heavy atom. The van der Waals surface area contributed by atoms with Crippen LogP contribution in [0.2, 0.25) is 5.02 Å². The van der Waals surface area contributed by atoms with Crippen LogP contribution in [0.5, 0.6) is 5.75 Å². The zero-order chi connectivity index (χ0) is 13.7. The number of ether oxygens (including phenoxy) is 2. The predicted octanol–water partition coefficient (Wildman–Crippen LogP) is 3.71. The number of methoxy groups -OCH3 is 1. The number of carbonyl (C=O) groups is 1. The lowest BCUT2D eigenvalue weighted by Crippen LogP contribution is -2.05. The van der Waals surface area contributed by atoms with E-state index in [0.29, 0.717) is 16.3 Å². The Balaban J connectivity index is 2.01. The van der Waals surface area contributed by atoms with Gasteiger partial charge in [0.15, 0.2) is 0 Å². The van der Waals surface area contributed by atoms with Crippen molar-refractivity contribution in [3.63, 3.8) is 0 Å². The number of benzene rings is 2. The molecule has 0 N–H and O–H groups in total. The number of hydrogen-bond donors (Lipinski definition) is 0. The second-order valence-electron chi connectivity index (χ2n) is 3.94. The summed E-state index contributed by atoms with van der Waals surface area (Å²) in [6.07, 6.45) is 0. The topological polar surface area (TPSA) is 35.5 Å². The van der Waals surface area contributed by atoms with Gasteiger partial charge >= 0.3 is 5.97 Å². The third-order valence-electron chi connectivity index (χ3n) is 2.56. The fourth-order valence-electron chi connectivity index (χ4n) is 1.61. The van der Waals surface area contributed by atoms with E-state index < -0.39 is 0 Å². The van der Waals surface area contributed by atoms with Gasteiger partial charge in [-0.3, -0.25) is 0 Å². The molecule has 0 bridgehead atoms. The van der Waals surface area contributed by atoms with Crippen LogP contribution >= 0.6 is 11.6 Å². The van der Waals surface area contributed by atoms with Crippen molar-refractivity contribution in [3.05, 3.63) is 64.7 Å². The number of hydrogen-bond acceptors (Lipinski definition) is 3. The summed E-state index contributed by atoms with van der Waals surface area (Å²) in [4.78, 5) is 11.9. The molecule has 98 valence electrons. The molecular weight excluding hydrogens is 264 g/mol. The second-order valence-corrected chi connectivity index (χ2v) is 4.37. The van der Waals surface area contributed by atoms with Crippen LogP contribution in [0.15, 0.2) is 48.5 Å². The lowest BCUT2D eigenvalue weighted by Gasteiger charge is -2.06.